The molecule has 0 aliphatic rings. The van der Waals surface area contributed by atoms with Crippen LogP contribution in [-0.4, -0.2) is 11.1 Å². The van der Waals surface area contributed by atoms with Crippen molar-refractivity contribution in [1.82, 2.24) is 0 Å². The molecule has 2 unspecified atom stereocenters. The highest BCUT2D eigenvalue weighted by Gasteiger charge is 1.99. The summed E-state index contributed by atoms with van der Waals surface area (Å²) in [4.78, 5) is 8.10. The number of hydrogen-bond donors (Lipinski definition) is 2. The summed E-state index contributed by atoms with van der Waals surface area (Å²) in [5.74, 6) is 0. The van der Waals surface area contributed by atoms with Crippen molar-refractivity contribution in [3.05, 3.63) is 71.8 Å². The molecule has 2 aromatic rings. The average Bonchev–Trinajstić information content (AvgIpc) is 2.55. The summed E-state index contributed by atoms with van der Waals surface area (Å²) >= 11 is 0. The Kier molecular flexibility index (Phi) is 9.44. The van der Waals surface area contributed by atoms with Gasteiger partial charge in [-0.15, -0.1) is 0 Å². The molecule has 0 fully saturated rings. The fourth-order valence-electron chi connectivity index (χ4n) is 1.79. The Bertz CT molecular complexity index is 495. The zero-order valence-electron chi connectivity index (χ0n) is 12.8. The molecule has 2 atom stereocenters. The lowest BCUT2D eigenvalue weighted by Crippen LogP contribution is -2.18. The topological polar surface area (TPSA) is 72.5 Å². The summed E-state index contributed by atoms with van der Waals surface area (Å²) < 4.78 is 14.1. The Hall–Kier alpha value is -1.45. The molecule has 3 N–H and O–H groups in total. The molecule has 0 saturated heterocycles. The number of aryl methyl sites for hydroxylation is 2. The molecule has 0 spiro atoms. The van der Waals surface area contributed by atoms with Gasteiger partial charge in [0.25, 0.3) is 0 Å². The molecule has 0 amide bonds. The molecular weight excluding hydrogens is 297 g/mol. The molecule has 0 aromatic heterocycles. The first kappa shape index (κ1) is 18.6. The third-order valence-corrected chi connectivity index (χ3v) is 3.55. The van der Waals surface area contributed by atoms with E-state index in [1.54, 1.807) is 6.92 Å². The molecule has 0 bridgehead atoms. The first-order chi connectivity index (χ1) is 10.6. The quantitative estimate of drug-likeness (QED) is 0.630. The van der Waals surface area contributed by atoms with Crippen LogP contribution in [0.25, 0.3) is 0 Å². The molecule has 0 saturated carbocycles. The zero-order valence-corrected chi connectivity index (χ0v) is 13.8. The van der Waals surface area contributed by atoms with E-state index in [1.807, 2.05) is 0 Å². The van der Waals surface area contributed by atoms with Gasteiger partial charge < -0.3 is 10.6 Å². The van der Waals surface area contributed by atoms with E-state index in [0.717, 1.165) is 12.8 Å². The lowest BCUT2D eigenvalue weighted by Gasteiger charge is -2.04. The van der Waals surface area contributed by atoms with Gasteiger partial charge in [-0.2, -0.15) is 0 Å². The molecule has 4 nitrogen and oxygen atoms in total. The van der Waals surface area contributed by atoms with Gasteiger partial charge in [-0.1, -0.05) is 67.6 Å². The van der Waals surface area contributed by atoms with Crippen molar-refractivity contribution in [3.8, 4) is 0 Å². The number of benzene rings is 2. The second-order valence-corrected chi connectivity index (χ2v) is 5.57. The summed E-state index contributed by atoms with van der Waals surface area (Å²) in [6.45, 7) is 1.77. The van der Waals surface area contributed by atoms with Gasteiger partial charge in [0.2, 0.25) is 0 Å². The fraction of sp³-hybridized carbons (Fsp3) is 0.294. The summed E-state index contributed by atoms with van der Waals surface area (Å²) in [5.41, 5.74) is 7.94. The minimum Gasteiger partial charge on any atom is -0.326 e. The van der Waals surface area contributed by atoms with Gasteiger partial charge in [0, 0.05) is 0 Å². The van der Waals surface area contributed by atoms with Crippen LogP contribution in [0.15, 0.2) is 60.7 Å². The van der Waals surface area contributed by atoms with E-state index < -0.39 is 14.5 Å². The third-order valence-electron chi connectivity index (χ3n) is 3.04. The molecule has 5 heteroatoms. The summed E-state index contributed by atoms with van der Waals surface area (Å²) in [6.07, 6.45) is 2.22. The molecule has 2 rings (SSSR count). The van der Waals surface area contributed by atoms with Gasteiger partial charge in [0.15, 0.2) is 0 Å². The van der Waals surface area contributed by atoms with Gasteiger partial charge in [0.1, 0.15) is 6.23 Å². The van der Waals surface area contributed by atoms with Crippen molar-refractivity contribution in [3.63, 3.8) is 0 Å². The van der Waals surface area contributed by atoms with E-state index in [4.69, 9.17) is 10.6 Å². The van der Waals surface area contributed by atoms with Crippen LogP contribution in [0.2, 0.25) is 0 Å². The van der Waals surface area contributed by atoms with Crippen LogP contribution < -0.4 is 5.73 Å². The Morgan fingerprint density at radius 1 is 1.00 bits per heavy atom. The van der Waals surface area contributed by atoms with Crippen LogP contribution in [0.3, 0.4) is 0 Å². The maximum Gasteiger partial charge on any atom is 0.318 e. The summed E-state index contributed by atoms with van der Waals surface area (Å²) in [5, 5.41) is 0. The molecule has 0 heterocycles. The maximum atomic E-state index is 9.85. The van der Waals surface area contributed by atoms with Crippen LogP contribution in [0.5, 0.6) is 0 Å². The van der Waals surface area contributed by atoms with Crippen LogP contribution >= 0.6 is 8.25 Å². The summed E-state index contributed by atoms with van der Waals surface area (Å²) in [7, 11) is -2.82. The molecule has 0 aliphatic carbocycles. The van der Waals surface area contributed by atoms with E-state index in [-0.39, 0.29) is 0 Å². The number of rotatable bonds is 6. The number of hydrogen-bond acceptors (Lipinski definition) is 3. The van der Waals surface area contributed by atoms with E-state index >= 15 is 0 Å². The van der Waals surface area contributed by atoms with Gasteiger partial charge in [-0.25, -0.2) is 0 Å². The normalized spacial score (nSPS) is 12.9. The Morgan fingerprint density at radius 3 is 1.68 bits per heavy atom. The van der Waals surface area contributed by atoms with Gasteiger partial charge in [-0.05, 0) is 30.4 Å². The first-order valence-corrected chi connectivity index (χ1v) is 8.61. The Balaban J connectivity index is 0.000000261. The standard InChI is InChI=1S/C14H14.C3H10NO3P/c1-3-7-13(8-4-1)11-12-14-9-5-2-6-10-14;1-2-3(4)7-8(5)6/h1-10H,11-12H2;3,8H,2,4H2,1H3,(H,5,6). The lowest BCUT2D eigenvalue weighted by molar-refractivity contribution is 0.191. The minimum absolute atomic E-state index is 0.553. The van der Waals surface area contributed by atoms with E-state index in [1.165, 1.54) is 11.1 Å². The minimum atomic E-state index is -2.82. The van der Waals surface area contributed by atoms with Gasteiger partial charge in [0.05, 0.1) is 0 Å². The average molecular weight is 321 g/mol. The van der Waals surface area contributed by atoms with Crippen LogP contribution in [0.4, 0.5) is 0 Å². The smallest absolute Gasteiger partial charge is 0.318 e. The van der Waals surface area contributed by atoms with Crippen molar-refractivity contribution < 1.29 is 14.0 Å². The highest BCUT2D eigenvalue weighted by Crippen LogP contribution is 2.16. The highest BCUT2D eigenvalue weighted by molar-refractivity contribution is 7.32. The van der Waals surface area contributed by atoms with Crippen LogP contribution in [0, 0.1) is 0 Å². The van der Waals surface area contributed by atoms with Crippen molar-refractivity contribution in [2.75, 3.05) is 0 Å². The van der Waals surface area contributed by atoms with E-state index in [2.05, 4.69) is 65.2 Å². The lowest BCUT2D eigenvalue weighted by atomic mass is 10.0. The Morgan fingerprint density at radius 2 is 1.41 bits per heavy atom. The SMILES string of the molecule is CCC(N)O[PH](=O)O.c1ccc(CCc2ccccc2)cc1. The predicted octanol–water partition coefficient (Wildman–Crippen LogP) is 3.55. The van der Waals surface area contributed by atoms with Gasteiger partial charge in [-0.3, -0.25) is 9.09 Å². The van der Waals surface area contributed by atoms with Crippen LogP contribution in [0.1, 0.15) is 24.5 Å². The second kappa shape index (κ2) is 11.2. The van der Waals surface area contributed by atoms with Crippen LogP contribution in [-0.2, 0) is 21.9 Å². The second-order valence-electron chi connectivity index (χ2n) is 4.80. The molecular formula is C17H24NO3P. The molecule has 120 valence electrons. The Labute approximate surface area is 132 Å². The predicted molar refractivity (Wildman–Crippen MR) is 90.9 cm³/mol. The molecule has 2 aromatic carbocycles. The highest BCUT2D eigenvalue weighted by atomic mass is 31.1. The molecule has 0 radical (unpaired) electrons. The fourth-order valence-corrected chi connectivity index (χ4v) is 2.22. The maximum absolute atomic E-state index is 9.85. The molecule has 0 aliphatic heterocycles. The van der Waals surface area contributed by atoms with Crippen molar-refractivity contribution in [2.45, 2.75) is 32.4 Å². The van der Waals surface area contributed by atoms with Gasteiger partial charge >= 0.3 is 8.25 Å². The van der Waals surface area contributed by atoms with E-state index in [9.17, 15) is 4.57 Å². The van der Waals surface area contributed by atoms with Crippen molar-refractivity contribution in [2.24, 2.45) is 5.73 Å². The number of nitrogens with two attached hydrogens (primary N) is 1. The third kappa shape index (κ3) is 8.75. The first-order valence-electron chi connectivity index (χ1n) is 7.34. The van der Waals surface area contributed by atoms with E-state index in [0.29, 0.717) is 6.42 Å². The monoisotopic (exact) mass is 321 g/mol. The zero-order chi connectivity index (χ0) is 16.2. The summed E-state index contributed by atoms with van der Waals surface area (Å²) in [6, 6.07) is 21.2. The molecule has 22 heavy (non-hydrogen) atoms. The largest absolute Gasteiger partial charge is 0.326 e. The van der Waals surface area contributed by atoms with Crippen molar-refractivity contribution >= 4 is 8.25 Å². The van der Waals surface area contributed by atoms with Crippen molar-refractivity contribution in [1.29, 1.82) is 0 Å².